The zero-order chi connectivity index (χ0) is 14.1. The number of rotatable bonds is 3. The van der Waals surface area contributed by atoms with Crippen LogP contribution in [0.25, 0.3) is 0 Å². The molecule has 1 heterocycles. The van der Waals surface area contributed by atoms with E-state index in [4.69, 9.17) is 5.73 Å². The lowest BCUT2D eigenvalue weighted by atomic mass is 10.1. The highest BCUT2D eigenvalue weighted by atomic mass is 32.1. The van der Waals surface area contributed by atoms with Crippen molar-refractivity contribution in [1.29, 1.82) is 0 Å². The smallest absolute Gasteiger partial charge is 0.248 e. The van der Waals surface area contributed by atoms with E-state index in [2.05, 4.69) is 10.3 Å². The third-order valence-electron chi connectivity index (χ3n) is 3.46. The molecular formula is C14H13N3O2S. The molecule has 1 aromatic carbocycles. The van der Waals surface area contributed by atoms with Gasteiger partial charge in [0.15, 0.2) is 5.13 Å². The Kier molecular flexibility index (Phi) is 3.23. The summed E-state index contributed by atoms with van der Waals surface area (Å²) < 4.78 is 0. The summed E-state index contributed by atoms with van der Waals surface area (Å²) in [7, 11) is 0. The Labute approximate surface area is 119 Å². The number of aromatic nitrogens is 1. The SMILES string of the molecule is NC(=O)c1ccc2c(c1)CC(C(=O)Nc1nccs1)C2. The van der Waals surface area contributed by atoms with Gasteiger partial charge in [0.1, 0.15) is 0 Å². The normalized spacial score (nSPS) is 16.7. The van der Waals surface area contributed by atoms with E-state index in [1.807, 2.05) is 11.4 Å². The largest absolute Gasteiger partial charge is 0.366 e. The standard InChI is InChI=1S/C14H13N3O2S/c15-12(18)9-2-1-8-5-11(7-10(8)6-9)13(19)17-14-16-3-4-20-14/h1-4,6,11H,5,7H2,(H2,15,18)(H,16,17,19). The third kappa shape index (κ3) is 2.42. The molecule has 0 bridgehead atoms. The highest BCUT2D eigenvalue weighted by molar-refractivity contribution is 7.13. The van der Waals surface area contributed by atoms with Crippen LogP contribution in [0.1, 0.15) is 21.5 Å². The lowest BCUT2D eigenvalue weighted by Gasteiger charge is -2.07. The maximum Gasteiger partial charge on any atom is 0.248 e. The van der Waals surface area contributed by atoms with Crippen LogP contribution in [-0.4, -0.2) is 16.8 Å². The molecule has 0 spiro atoms. The molecule has 102 valence electrons. The molecule has 1 aromatic heterocycles. The molecule has 6 heteroatoms. The van der Waals surface area contributed by atoms with Gasteiger partial charge in [0, 0.05) is 23.1 Å². The summed E-state index contributed by atoms with van der Waals surface area (Å²) in [6.45, 7) is 0. The molecule has 2 aromatic rings. The molecule has 0 aliphatic heterocycles. The average molecular weight is 287 g/mol. The van der Waals surface area contributed by atoms with E-state index in [1.165, 1.54) is 11.3 Å². The van der Waals surface area contributed by atoms with Crippen LogP contribution in [0, 0.1) is 5.92 Å². The minimum absolute atomic E-state index is 0.0308. The first kappa shape index (κ1) is 12.8. The molecular weight excluding hydrogens is 274 g/mol. The number of anilines is 1. The van der Waals surface area contributed by atoms with Gasteiger partial charge in [-0.1, -0.05) is 6.07 Å². The summed E-state index contributed by atoms with van der Waals surface area (Å²) in [5.74, 6) is -0.586. The van der Waals surface area contributed by atoms with Crippen LogP contribution in [0.5, 0.6) is 0 Å². The van der Waals surface area contributed by atoms with Crippen LogP contribution in [0.3, 0.4) is 0 Å². The second-order valence-electron chi connectivity index (χ2n) is 4.78. The van der Waals surface area contributed by atoms with E-state index in [1.54, 1.807) is 18.3 Å². The van der Waals surface area contributed by atoms with Crippen LogP contribution in [0.2, 0.25) is 0 Å². The molecule has 20 heavy (non-hydrogen) atoms. The van der Waals surface area contributed by atoms with Gasteiger partial charge in [-0.3, -0.25) is 9.59 Å². The van der Waals surface area contributed by atoms with Gasteiger partial charge < -0.3 is 11.1 Å². The molecule has 0 fully saturated rings. The van der Waals surface area contributed by atoms with Crippen molar-refractivity contribution in [2.75, 3.05) is 5.32 Å². The molecule has 1 aliphatic rings. The van der Waals surface area contributed by atoms with Crippen LogP contribution >= 0.6 is 11.3 Å². The van der Waals surface area contributed by atoms with E-state index in [9.17, 15) is 9.59 Å². The number of carbonyl (C=O) groups is 2. The first-order valence-corrected chi connectivity index (χ1v) is 7.13. The summed E-state index contributed by atoms with van der Waals surface area (Å²) >= 11 is 1.40. The fourth-order valence-electron chi connectivity index (χ4n) is 2.45. The highest BCUT2D eigenvalue weighted by Gasteiger charge is 2.28. The Morgan fingerprint density at radius 1 is 1.30 bits per heavy atom. The van der Waals surface area contributed by atoms with E-state index < -0.39 is 5.91 Å². The Morgan fingerprint density at radius 2 is 2.10 bits per heavy atom. The minimum Gasteiger partial charge on any atom is -0.366 e. The molecule has 5 nitrogen and oxygen atoms in total. The van der Waals surface area contributed by atoms with E-state index in [-0.39, 0.29) is 11.8 Å². The molecule has 0 radical (unpaired) electrons. The monoisotopic (exact) mass is 287 g/mol. The predicted octanol–water partition coefficient (Wildman–Crippen LogP) is 1.60. The minimum atomic E-state index is -0.441. The number of hydrogen-bond acceptors (Lipinski definition) is 4. The van der Waals surface area contributed by atoms with Gasteiger partial charge in [0.25, 0.3) is 0 Å². The molecule has 1 unspecified atom stereocenters. The number of amides is 2. The fraction of sp³-hybridized carbons (Fsp3) is 0.214. The van der Waals surface area contributed by atoms with Crippen molar-refractivity contribution in [3.05, 3.63) is 46.5 Å². The lowest BCUT2D eigenvalue weighted by Crippen LogP contribution is -2.23. The summed E-state index contributed by atoms with van der Waals surface area (Å²) in [6.07, 6.45) is 2.97. The lowest BCUT2D eigenvalue weighted by molar-refractivity contribution is -0.119. The Morgan fingerprint density at radius 3 is 2.80 bits per heavy atom. The average Bonchev–Trinajstić information content (AvgIpc) is 3.05. The molecule has 1 atom stereocenters. The number of fused-ring (bicyclic) bond motifs is 1. The fourth-order valence-corrected chi connectivity index (χ4v) is 2.98. The van der Waals surface area contributed by atoms with Crippen molar-refractivity contribution in [1.82, 2.24) is 4.98 Å². The number of primary amides is 1. The maximum absolute atomic E-state index is 12.2. The summed E-state index contributed by atoms with van der Waals surface area (Å²) in [5.41, 5.74) is 7.89. The van der Waals surface area contributed by atoms with Crippen LogP contribution in [0.15, 0.2) is 29.8 Å². The van der Waals surface area contributed by atoms with E-state index in [0.717, 1.165) is 11.1 Å². The Balaban J connectivity index is 1.73. The van der Waals surface area contributed by atoms with Crippen molar-refractivity contribution in [3.63, 3.8) is 0 Å². The summed E-state index contributed by atoms with van der Waals surface area (Å²) in [6, 6.07) is 5.38. The van der Waals surface area contributed by atoms with Gasteiger partial charge in [-0.25, -0.2) is 4.98 Å². The Hall–Kier alpha value is -2.21. The van der Waals surface area contributed by atoms with Crippen LogP contribution in [-0.2, 0) is 17.6 Å². The number of nitrogens with one attached hydrogen (secondary N) is 1. The van der Waals surface area contributed by atoms with Gasteiger partial charge in [-0.15, -0.1) is 11.3 Å². The number of nitrogens with zero attached hydrogens (tertiary/aromatic N) is 1. The topological polar surface area (TPSA) is 85.1 Å². The van der Waals surface area contributed by atoms with Crippen molar-refractivity contribution in [2.45, 2.75) is 12.8 Å². The van der Waals surface area contributed by atoms with Gasteiger partial charge in [-0.2, -0.15) is 0 Å². The van der Waals surface area contributed by atoms with Gasteiger partial charge >= 0.3 is 0 Å². The van der Waals surface area contributed by atoms with E-state index >= 15 is 0 Å². The number of hydrogen-bond donors (Lipinski definition) is 2. The molecule has 3 rings (SSSR count). The Bertz CT molecular complexity index is 667. The quantitative estimate of drug-likeness (QED) is 0.899. The summed E-state index contributed by atoms with van der Waals surface area (Å²) in [4.78, 5) is 27.4. The second kappa shape index (κ2) is 5.05. The zero-order valence-corrected chi connectivity index (χ0v) is 11.4. The number of nitrogens with two attached hydrogens (primary N) is 1. The molecule has 0 saturated heterocycles. The number of benzene rings is 1. The van der Waals surface area contributed by atoms with Crippen molar-refractivity contribution >= 4 is 28.3 Å². The van der Waals surface area contributed by atoms with Gasteiger partial charge in [0.05, 0.1) is 0 Å². The van der Waals surface area contributed by atoms with Crippen LogP contribution < -0.4 is 11.1 Å². The van der Waals surface area contributed by atoms with Crippen molar-refractivity contribution < 1.29 is 9.59 Å². The third-order valence-corrected chi connectivity index (χ3v) is 4.15. The second-order valence-corrected chi connectivity index (χ2v) is 5.67. The van der Waals surface area contributed by atoms with Crippen molar-refractivity contribution in [2.24, 2.45) is 11.7 Å². The first-order valence-electron chi connectivity index (χ1n) is 6.25. The molecule has 2 amide bonds. The van der Waals surface area contributed by atoms with Gasteiger partial charge in [-0.05, 0) is 36.1 Å². The highest BCUT2D eigenvalue weighted by Crippen LogP contribution is 2.28. The predicted molar refractivity (Wildman–Crippen MR) is 76.6 cm³/mol. The van der Waals surface area contributed by atoms with E-state index in [0.29, 0.717) is 23.5 Å². The van der Waals surface area contributed by atoms with Gasteiger partial charge in [0.2, 0.25) is 11.8 Å². The molecule has 1 aliphatic carbocycles. The zero-order valence-electron chi connectivity index (χ0n) is 10.6. The maximum atomic E-state index is 12.2. The number of thiazole rings is 1. The molecule has 0 saturated carbocycles. The van der Waals surface area contributed by atoms with Crippen molar-refractivity contribution in [3.8, 4) is 0 Å². The van der Waals surface area contributed by atoms with Crippen LogP contribution in [0.4, 0.5) is 5.13 Å². The number of carbonyl (C=O) groups excluding carboxylic acids is 2. The summed E-state index contributed by atoms with van der Waals surface area (Å²) in [5, 5.41) is 5.25. The molecule has 3 N–H and O–H groups in total. The first-order chi connectivity index (χ1) is 9.63.